The van der Waals surface area contributed by atoms with E-state index in [1.165, 1.54) is 12.5 Å². The number of nitrogens with one attached hydrogen (secondary N) is 1. The lowest BCUT2D eigenvalue weighted by molar-refractivity contribution is -0.0504. The molecule has 0 aliphatic rings. The summed E-state index contributed by atoms with van der Waals surface area (Å²) in [6, 6.07) is 6.68. The van der Waals surface area contributed by atoms with E-state index >= 15 is 0 Å². The Morgan fingerprint density at radius 1 is 1.32 bits per heavy atom. The molecule has 19 heavy (non-hydrogen) atoms. The van der Waals surface area contributed by atoms with Gasteiger partial charge < -0.3 is 14.6 Å². The molecule has 0 amide bonds. The monoisotopic (exact) mass is 269 g/mol. The predicted molar refractivity (Wildman–Crippen MR) is 62.8 cm³/mol. The number of ether oxygens (including phenoxy) is 1. The van der Waals surface area contributed by atoms with Gasteiger partial charge in [0.2, 0.25) is 6.39 Å². The zero-order chi connectivity index (χ0) is 13.5. The summed E-state index contributed by atoms with van der Waals surface area (Å²) < 4.78 is 33.4. The van der Waals surface area contributed by atoms with Crippen molar-refractivity contribution in [3.05, 3.63) is 42.0 Å². The Morgan fingerprint density at radius 2 is 2.16 bits per heavy atom. The van der Waals surface area contributed by atoms with Gasteiger partial charge in [0, 0.05) is 25.1 Å². The highest BCUT2D eigenvalue weighted by atomic mass is 19.3. The maximum absolute atomic E-state index is 12.2. The van der Waals surface area contributed by atoms with Gasteiger partial charge >= 0.3 is 6.61 Å². The normalized spacial score (nSPS) is 10.9. The minimum atomic E-state index is -2.82. The van der Waals surface area contributed by atoms with Gasteiger partial charge in [0.1, 0.15) is 5.75 Å². The molecule has 0 saturated carbocycles. The van der Waals surface area contributed by atoms with Crippen LogP contribution < -0.4 is 10.1 Å². The first kappa shape index (κ1) is 13.4. The SMILES string of the molecule is FC(F)Oc1ccccc1CNCCc1ncon1. The fourth-order valence-electron chi connectivity index (χ4n) is 1.59. The standard InChI is InChI=1S/C12H13F2N3O2/c13-12(14)19-10-4-2-1-3-9(10)7-15-6-5-11-16-8-18-17-11/h1-4,8,12,15H,5-7H2. The van der Waals surface area contributed by atoms with Crippen LogP contribution in [0.2, 0.25) is 0 Å². The number of aromatic nitrogens is 2. The van der Waals surface area contributed by atoms with E-state index in [0.717, 1.165) is 0 Å². The minimum absolute atomic E-state index is 0.185. The highest BCUT2D eigenvalue weighted by Gasteiger charge is 2.08. The van der Waals surface area contributed by atoms with Gasteiger partial charge in [-0.05, 0) is 6.07 Å². The van der Waals surface area contributed by atoms with Crippen LogP contribution in [-0.4, -0.2) is 23.3 Å². The molecule has 1 N–H and O–H groups in total. The van der Waals surface area contributed by atoms with Crippen LogP contribution in [0.5, 0.6) is 5.75 Å². The Hall–Kier alpha value is -2.02. The largest absolute Gasteiger partial charge is 0.434 e. The summed E-state index contributed by atoms with van der Waals surface area (Å²) >= 11 is 0. The second kappa shape index (κ2) is 6.79. The van der Waals surface area contributed by atoms with Crippen molar-refractivity contribution in [3.63, 3.8) is 0 Å². The summed E-state index contributed by atoms with van der Waals surface area (Å²) in [5.41, 5.74) is 0.677. The average molecular weight is 269 g/mol. The molecule has 1 aromatic carbocycles. The first-order valence-electron chi connectivity index (χ1n) is 5.74. The average Bonchev–Trinajstić information content (AvgIpc) is 2.89. The van der Waals surface area contributed by atoms with Gasteiger partial charge in [-0.25, -0.2) is 0 Å². The van der Waals surface area contributed by atoms with E-state index in [-0.39, 0.29) is 5.75 Å². The van der Waals surface area contributed by atoms with Crippen LogP contribution in [0.3, 0.4) is 0 Å². The number of para-hydroxylation sites is 1. The lowest BCUT2D eigenvalue weighted by atomic mass is 10.2. The zero-order valence-corrected chi connectivity index (χ0v) is 10.1. The summed E-state index contributed by atoms with van der Waals surface area (Å²) in [7, 11) is 0. The van der Waals surface area contributed by atoms with Crippen LogP contribution >= 0.6 is 0 Å². The maximum atomic E-state index is 12.2. The topological polar surface area (TPSA) is 60.2 Å². The first-order chi connectivity index (χ1) is 9.25. The van der Waals surface area contributed by atoms with Crippen LogP contribution in [-0.2, 0) is 13.0 Å². The summed E-state index contributed by atoms with van der Waals surface area (Å²) in [5, 5.41) is 6.77. The fourth-order valence-corrected chi connectivity index (χ4v) is 1.59. The third kappa shape index (κ3) is 4.29. The molecule has 0 aliphatic heterocycles. The van der Waals surface area contributed by atoms with Crippen LogP contribution in [0.15, 0.2) is 35.2 Å². The Labute approximate surface area is 108 Å². The van der Waals surface area contributed by atoms with Crippen LogP contribution in [0.4, 0.5) is 8.78 Å². The van der Waals surface area contributed by atoms with Crippen molar-refractivity contribution in [1.29, 1.82) is 0 Å². The van der Waals surface area contributed by atoms with Gasteiger partial charge in [0.15, 0.2) is 5.82 Å². The number of hydrogen-bond donors (Lipinski definition) is 1. The molecule has 0 aliphatic carbocycles. The van der Waals surface area contributed by atoms with Crippen molar-refractivity contribution >= 4 is 0 Å². The highest BCUT2D eigenvalue weighted by molar-refractivity contribution is 5.33. The maximum Gasteiger partial charge on any atom is 0.387 e. The Bertz CT molecular complexity index is 491. The van der Waals surface area contributed by atoms with Crippen molar-refractivity contribution in [2.45, 2.75) is 19.6 Å². The summed E-state index contributed by atoms with van der Waals surface area (Å²) in [6.07, 6.45) is 1.87. The second-order valence-corrected chi connectivity index (χ2v) is 3.76. The van der Waals surface area contributed by atoms with Gasteiger partial charge in [-0.1, -0.05) is 23.4 Å². The molecule has 0 bridgehead atoms. The van der Waals surface area contributed by atoms with E-state index in [1.807, 2.05) is 0 Å². The van der Waals surface area contributed by atoms with Gasteiger partial charge in [0.05, 0.1) is 0 Å². The molecule has 0 saturated heterocycles. The number of rotatable bonds is 7. The summed E-state index contributed by atoms with van der Waals surface area (Å²) in [5.74, 6) is 0.786. The molecule has 2 rings (SSSR count). The Balaban J connectivity index is 1.82. The summed E-state index contributed by atoms with van der Waals surface area (Å²) in [6.45, 7) is -1.77. The molecular formula is C12H13F2N3O2. The first-order valence-corrected chi connectivity index (χ1v) is 5.74. The Kier molecular flexibility index (Phi) is 4.79. The number of hydrogen-bond acceptors (Lipinski definition) is 5. The van der Waals surface area contributed by atoms with Crippen molar-refractivity contribution in [3.8, 4) is 5.75 Å². The number of nitrogens with zero attached hydrogens (tertiary/aromatic N) is 2. The van der Waals surface area contributed by atoms with E-state index in [4.69, 9.17) is 0 Å². The molecule has 5 nitrogen and oxygen atoms in total. The molecule has 0 unspecified atom stereocenters. The van der Waals surface area contributed by atoms with E-state index in [9.17, 15) is 8.78 Å². The predicted octanol–water partition coefficient (Wildman–Crippen LogP) is 2.00. The third-order valence-corrected chi connectivity index (χ3v) is 2.44. The van der Waals surface area contributed by atoms with Crippen LogP contribution in [0.1, 0.15) is 11.4 Å². The second-order valence-electron chi connectivity index (χ2n) is 3.76. The lowest BCUT2D eigenvalue weighted by Gasteiger charge is -2.10. The van der Waals surface area contributed by atoms with Crippen LogP contribution in [0, 0.1) is 0 Å². The quantitative estimate of drug-likeness (QED) is 0.779. The van der Waals surface area contributed by atoms with Crippen molar-refractivity contribution < 1.29 is 18.0 Å². The van der Waals surface area contributed by atoms with E-state index in [0.29, 0.717) is 30.9 Å². The molecule has 1 aromatic heterocycles. The third-order valence-electron chi connectivity index (χ3n) is 2.44. The highest BCUT2D eigenvalue weighted by Crippen LogP contribution is 2.19. The molecule has 0 radical (unpaired) electrons. The van der Waals surface area contributed by atoms with Gasteiger partial charge in [-0.2, -0.15) is 13.8 Å². The van der Waals surface area contributed by atoms with Crippen molar-refractivity contribution in [2.24, 2.45) is 0 Å². The number of alkyl halides is 2. The van der Waals surface area contributed by atoms with Crippen molar-refractivity contribution in [1.82, 2.24) is 15.5 Å². The van der Waals surface area contributed by atoms with Crippen LogP contribution in [0.25, 0.3) is 0 Å². The van der Waals surface area contributed by atoms with Crippen molar-refractivity contribution in [2.75, 3.05) is 6.54 Å². The van der Waals surface area contributed by atoms with E-state index in [1.54, 1.807) is 18.2 Å². The minimum Gasteiger partial charge on any atom is -0.434 e. The van der Waals surface area contributed by atoms with Gasteiger partial charge in [0.25, 0.3) is 0 Å². The lowest BCUT2D eigenvalue weighted by Crippen LogP contribution is -2.18. The van der Waals surface area contributed by atoms with Gasteiger partial charge in [-0.15, -0.1) is 0 Å². The van der Waals surface area contributed by atoms with Gasteiger partial charge in [-0.3, -0.25) is 0 Å². The van der Waals surface area contributed by atoms with E-state index in [2.05, 4.69) is 24.7 Å². The molecule has 0 fully saturated rings. The molecule has 7 heteroatoms. The van der Waals surface area contributed by atoms with E-state index < -0.39 is 6.61 Å². The summed E-state index contributed by atoms with van der Waals surface area (Å²) in [4.78, 5) is 3.88. The molecule has 0 atom stereocenters. The number of halogens is 2. The molecular weight excluding hydrogens is 256 g/mol. The smallest absolute Gasteiger partial charge is 0.387 e. The molecule has 102 valence electrons. The fraction of sp³-hybridized carbons (Fsp3) is 0.333. The Morgan fingerprint density at radius 3 is 2.89 bits per heavy atom. The molecule has 0 spiro atoms. The number of benzene rings is 1. The zero-order valence-electron chi connectivity index (χ0n) is 10.1. The molecule has 2 aromatic rings. The molecule has 1 heterocycles.